The van der Waals surface area contributed by atoms with Crippen LogP contribution in [0.5, 0.6) is 0 Å². The number of nitrogen functional groups attached to an aromatic ring is 1. The Hall–Kier alpha value is -2.96. The number of nitrogens with zero attached hydrogens (tertiary/aromatic N) is 4. The molecule has 3 aromatic rings. The number of aliphatic hydroxyl groups is 2. The number of urea groups is 1. The Bertz CT molecular complexity index is 1260. The number of anilines is 2. The second-order valence-corrected chi connectivity index (χ2v) is 11.4. The fourth-order valence-corrected chi connectivity index (χ4v) is 4.81. The molecule has 3 heterocycles. The van der Waals surface area contributed by atoms with E-state index in [4.69, 9.17) is 10.5 Å². The van der Waals surface area contributed by atoms with Gasteiger partial charge in [0.25, 0.3) is 0 Å². The summed E-state index contributed by atoms with van der Waals surface area (Å²) < 4.78 is 7.82. The van der Waals surface area contributed by atoms with Gasteiger partial charge in [-0.3, -0.25) is 4.90 Å². The van der Waals surface area contributed by atoms with Crippen molar-refractivity contribution in [2.24, 2.45) is 0 Å². The van der Waals surface area contributed by atoms with E-state index < -0.39 is 24.5 Å². The Morgan fingerprint density at radius 3 is 2.50 bits per heavy atom. The molecule has 2 amide bonds. The second-order valence-electron chi connectivity index (χ2n) is 11.4. The molecule has 40 heavy (non-hydrogen) atoms. The fourth-order valence-electron chi connectivity index (χ4n) is 4.81. The Balaban J connectivity index is 0.00000441. The van der Waals surface area contributed by atoms with Crippen LogP contribution in [-0.4, -0.2) is 79.7 Å². The minimum Gasteiger partial charge on any atom is -0.387 e. The highest BCUT2D eigenvalue weighted by atomic mass is 35.5. The standard InChI is InChI=1S/C28H41N7O4.ClH/c1-17(2)34(13-6-12-30-27(38)33-19-9-7-18(8-10-19)28(3,4)5)15-21-22(36)23(37)26(39-21)35-14-11-20-24(29)31-16-32-25(20)35;/h7-11,14,16-17,21-23,26,36-37H,6,12-13,15H2,1-5H3,(H2,29,31,32)(H2,30,33,38);1H/t21?,22-,23-,26?;/m1./s1. The number of carbonyl (C=O) groups is 1. The van der Waals surface area contributed by atoms with E-state index in [0.29, 0.717) is 42.9 Å². The number of nitrogens with one attached hydrogen (secondary N) is 2. The molecular formula is C28H42ClN7O4. The molecule has 1 aliphatic rings. The van der Waals surface area contributed by atoms with Crippen LogP contribution < -0.4 is 16.4 Å². The van der Waals surface area contributed by atoms with Gasteiger partial charge in [0.1, 0.15) is 36.1 Å². The van der Waals surface area contributed by atoms with Gasteiger partial charge < -0.3 is 35.9 Å². The van der Waals surface area contributed by atoms with Gasteiger partial charge in [-0.05, 0) is 49.4 Å². The summed E-state index contributed by atoms with van der Waals surface area (Å²) in [6, 6.07) is 9.57. The number of ether oxygens (including phenoxy) is 1. The largest absolute Gasteiger partial charge is 0.387 e. The van der Waals surface area contributed by atoms with Crippen LogP contribution in [-0.2, 0) is 10.2 Å². The molecule has 1 fully saturated rings. The van der Waals surface area contributed by atoms with Crippen molar-refractivity contribution in [2.45, 2.75) is 77.0 Å². The molecule has 220 valence electrons. The molecule has 1 aliphatic heterocycles. The van der Waals surface area contributed by atoms with Crippen molar-refractivity contribution in [1.29, 1.82) is 0 Å². The molecule has 12 heteroatoms. The molecule has 0 aliphatic carbocycles. The summed E-state index contributed by atoms with van der Waals surface area (Å²) in [5.74, 6) is 0.343. The number of aromatic nitrogens is 3. The highest BCUT2D eigenvalue weighted by molar-refractivity contribution is 5.89. The summed E-state index contributed by atoms with van der Waals surface area (Å²) in [5.41, 5.74) is 8.48. The maximum atomic E-state index is 12.4. The Morgan fingerprint density at radius 2 is 1.85 bits per heavy atom. The topological polar surface area (TPSA) is 151 Å². The molecule has 0 spiro atoms. The lowest BCUT2D eigenvalue weighted by Crippen LogP contribution is -2.44. The Kier molecular flexibility index (Phi) is 10.4. The predicted molar refractivity (Wildman–Crippen MR) is 159 cm³/mol. The molecule has 6 N–H and O–H groups in total. The lowest BCUT2D eigenvalue weighted by Gasteiger charge is -2.30. The smallest absolute Gasteiger partial charge is 0.319 e. The third kappa shape index (κ3) is 7.21. The number of hydrogen-bond donors (Lipinski definition) is 5. The van der Waals surface area contributed by atoms with Gasteiger partial charge in [0.05, 0.1) is 5.39 Å². The van der Waals surface area contributed by atoms with Crippen LogP contribution in [0.1, 0.15) is 52.8 Å². The van der Waals surface area contributed by atoms with E-state index in [1.54, 1.807) is 16.8 Å². The molecule has 2 unspecified atom stereocenters. The second kappa shape index (κ2) is 13.1. The van der Waals surface area contributed by atoms with Crippen molar-refractivity contribution < 1.29 is 19.7 Å². The van der Waals surface area contributed by atoms with E-state index in [1.165, 1.54) is 11.9 Å². The van der Waals surface area contributed by atoms with Crippen LogP contribution in [0.3, 0.4) is 0 Å². The lowest BCUT2D eigenvalue weighted by molar-refractivity contribution is -0.0465. The van der Waals surface area contributed by atoms with Crippen LogP contribution in [0.25, 0.3) is 11.0 Å². The van der Waals surface area contributed by atoms with E-state index in [9.17, 15) is 15.0 Å². The maximum absolute atomic E-state index is 12.4. The molecule has 1 saturated heterocycles. The van der Waals surface area contributed by atoms with Crippen LogP contribution in [0.4, 0.5) is 16.3 Å². The zero-order chi connectivity index (χ0) is 28.3. The van der Waals surface area contributed by atoms with Crippen molar-refractivity contribution in [2.75, 3.05) is 30.7 Å². The van der Waals surface area contributed by atoms with E-state index in [0.717, 1.165) is 5.69 Å². The van der Waals surface area contributed by atoms with Crippen LogP contribution in [0.15, 0.2) is 42.9 Å². The van der Waals surface area contributed by atoms with Gasteiger partial charge in [0, 0.05) is 37.6 Å². The maximum Gasteiger partial charge on any atom is 0.319 e. The van der Waals surface area contributed by atoms with Gasteiger partial charge in [-0.2, -0.15) is 0 Å². The van der Waals surface area contributed by atoms with Gasteiger partial charge in [0.15, 0.2) is 6.23 Å². The molecule has 11 nitrogen and oxygen atoms in total. The first-order valence-corrected chi connectivity index (χ1v) is 13.4. The average Bonchev–Trinajstić information content (AvgIpc) is 3.42. The fraction of sp³-hybridized carbons (Fsp3) is 0.536. The Labute approximate surface area is 241 Å². The predicted octanol–water partition coefficient (Wildman–Crippen LogP) is 3.27. The minimum atomic E-state index is -1.13. The molecule has 1 aromatic carbocycles. The normalized spacial score (nSPS) is 21.1. The average molecular weight is 576 g/mol. The summed E-state index contributed by atoms with van der Waals surface area (Å²) in [6.07, 6.45) is 0.210. The number of nitrogens with two attached hydrogens (primary N) is 1. The van der Waals surface area contributed by atoms with E-state index >= 15 is 0 Å². The number of amides is 2. The third-order valence-electron chi connectivity index (χ3n) is 7.21. The summed E-state index contributed by atoms with van der Waals surface area (Å²) in [7, 11) is 0. The summed E-state index contributed by atoms with van der Waals surface area (Å²) in [4.78, 5) is 22.8. The molecule has 4 atom stereocenters. The third-order valence-corrected chi connectivity index (χ3v) is 7.21. The van der Waals surface area contributed by atoms with E-state index in [-0.39, 0.29) is 29.9 Å². The monoisotopic (exact) mass is 575 g/mol. The van der Waals surface area contributed by atoms with Crippen molar-refractivity contribution in [3.05, 3.63) is 48.4 Å². The van der Waals surface area contributed by atoms with Crippen molar-refractivity contribution in [3.8, 4) is 0 Å². The molecular weight excluding hydrogens is 534 g/mol. The number of hydrogen-bond acceptors (Lipinski definition) is 8. The summed E-state index contributed by atoms with van der Waals surface area (Å²) in [6.45, 7) is 12.2. The quantitative estimate of drug-likeness (QED) is 0.244. The first-order chi connectivity index (χ1) is 18.5. The number of rotatable bonds is 9. The van der Waals surface area contributed by atoms with Crippen molar-refractivity contribution >= 4 is 41.0 Å². The van der Waals surface area contributed by atoms with Gasteiger partial charge >= 0.3 is 6.03 Å². The number of carbonyl (C=O) groups excluding carboxylic acids is 1. The Morgan fingerprint density at radius 1 is 1.15 bits per heavy atom. The summed E-state index contributed by atoms with van der Waals surface area (Å²) in [5, 5.41) is 28.0. The van der Waals surface area contributed by atoms with Crippen molar-refractivity contribution in [3.63, 3.8) is 0 Å². The van der Waals surface area contributed by atoms with Crippen LogP contribution >= 0.6 is 12.4 Å². The van der Waals surface area contributed by atoms with Gasteiger partial charge in [-0.1, -0.05) is 32.9 Å². The lowest BCUT2D eigenvalue weighted by atomic mass is 9.87. The molecule has 0 bridgehead atoms. The number of halogens is 1. The molecule has 4 rings (SSSR count). The minimum absolute atomic E-state index is 0. The van der Waals surface area contributed by atoms with Gasteiger partial charge in [-0.15, -0.1) is 12.4 Å². The van der Waals surface area contributed by atoms with E-state index in [1.807, 2.05) is 24.3 Å². The zero-order valence-electron chi connectivity index (χ0n) is 23.7. The van der Waals surface area contributed by atoms with Gasteiger partial charge in [0.2, 0.25) is 0 Å². The first kappa shape index (κ1) is 31.6. The van der Waals surface area contributed by atoms with Crippen LogP contribution in [0, 0.1) is 0 Å². The number of aliphatic hydroxyl groups excluding tert-OH is 2. The number of fused-ring (bicyclic) bond motifs is 1. The molecule has 0 saturated carbocycles. The SMILES string of the molecule is CC(C)N(CCCNC(=O)Nc1ccc(C(C)(C)C)cc1)CC1OC(n2ccc3c(N)ncnc32)[C@H](O)[C@@H]1O.Cl. The number of benzene rings is 1. The first-order valence-electron chi connectivity index (χ1n) is 13.4. The summed E-state index contributed by atoms with van der Waals surface area (Å²) >= 11 is 0. The van der Waals surface area contributed by atoms with E-state index in [2.05, 4.69) is 60.1 Å². The molecule has 0 radical (unpaired) electrons. The molecule has 2 aromatic heterocycles. The highest BCUT2D eigenvalue weighted by Gasteiger charge is 2.44. The van der Waals surface area contributed by atoms with Crippen molar-refractivity contribution in [1.82, 2.24) is 24.8 Å². The van der Waals surface area contributed by atoms with Gasteiger partial charge in [-0.25, -0.2) is 14.8 Å². The highest BCUT2D eigenvalue weighted by Crippen LogP contribution is 2.33. The zero-order valence-corrected chi connectivity index (χ0v) is 24.6. The van der Waals surface area contributed by atoms with Crippen LogP contribution in [0.2, 0.25) is 0 Å².